The van der Waals surface area contributed by atoms with E-state index in [1.807, 2.05) is 44.2 Å². The molecular weight excluding hydrogens is 316 g/mol. The lowest BCUT2D eigenvalue weighted by Gasteiger charge is -2.06. The number of fused-ring (bicyclic) bond motifs is 1. The standard InChI is InChI=1S/C16H13BrN2O/c1-10-7-14-15(8-11(10)2)19(9-18-14)16(20)12-5-3-4-6-13(12)17/h3-9H,1-2H3. The molecule has 0 radical (unpaired) electrons. The highest BCUT2D eigenvalue weighted by Gasteiger charge is 2.15. The summed E-state index contributed by atoms with van der Waals surface area (Å²) in [6, 6.07) is 11.4. The molecular formula is C16H13BrN2O. The number of hydrogen-bond donors (Lipinski definition) is 0. The zero-order valence-corrected chi connectivity index (χ0v) is 12.8. The molecule has 2 aromatic carbocycles. The molecule has 20 heavy (non-hydrogen) atoms. The number of imidazole rings is 1. The van der Waals surface area contributed by atoms with Gasteiger partial charge in [-0.1, -0.05) is 12.1 Å². The molecule has 4 heteroatoms. The van der Waals surface area contributed by atoms with Crippen LogP contribution in [0.3, 0.4) is 0 Å². The Morgan fingerprint density at radius 2 is 1.85 bits per heavy atom. The molecule has 0 aliphatic carbocycles. The van der Waals surface area contributed by atoms with E-state index in [1.54, 1.807) is 17.0 Å². The lowest BCUT2D eigenvalue weighted by Crippen LogP contribution is -2.11. The Morgan fingerprint density at radius 1 is 1.15 bits per heavy atom. The molecule has 0 saturated heterocycles. The maximum absolute atomic E-state index is 12.6. The molecule has 1 heterocycles. The van der Waals surface area contributed by atoms with E-state index in [4.69, 9.17) is 0 Å². The first-order valence-electron chi connectivity index (χ1n) is 6.31. The van der Waals surface area contributed by atoms with Crippen molar-refractivity contribution < 1.29 is 4.79 Å². The predicted molar refractivity (Wildman–Crippen MR) is 83.1 cm³/mol. The van der Waals surface area contributed by atoms with Gasteiger partial charge in [-0.2, -0.15) is 0 Å². The number of aromatic nitrogens is 2. The fourth-order valence-electron chi connectivity index (χ4n) is 2.19. The fourth-order valence-corrected chi connectivity index (χ4v) is 2.64. The third kappa shape index (κ3) is 2.06. The second-order valence-corrected chi connectivity index (χ2v) is 5.68. The van der Waals surface area contributed by atoms with Gasteiger partial charge < -0.3 is 0 Å². The van der Waals surface area contributed by atoms with Crippen molar-refractivity contribution in [2.45, 2.75) is 13.8 Å². The Hall–Kier alpha value is -1.94. The summed E-state index contributed by atoms with van der Waals surface area (Å²) < 4.78 is 2.39. The van der Waals surface area contributed by atoms with Gasteiger partial charge in [-0.15, -0.1) is 0 Å². The van der Waals surface area contributed by atoms with E-state index in [0.29, 0.717) is 5.56 Å². The van der Waals surface area contributed by atoms with E-state index in [0.717, 1.165) is 21.1 Å². The summed E-state index contributed by atoms with van der Waals surface area (Å²) in [5, 5.41) is 0. The van der Waals surface area contributed by atoms with Crippen LogP contribution in [0.5, 0.6) is 0 Å². The van der Waals surface area contributed by atoms with Gasteiger partial charge >= 0.3 is 0 Å². The second-order valence-electron chi connectivity index (χ2n) is 4.82. The first-order chi connectivity index (χ1) is 9.58. The molecule has 0 unspecified atom stereocenters. The molecule has 0 atom stereocenters. The topological polar surface area (TPSA) is 34.9 Å². The normalized spacial score (nSPS) is 10.9. The highest BCUT2D eigenvalue weighted by atomic mass is 79.9. The van der Waals surface area contributed by atoms with Crippen molar-refractivity contribution in [3.05, 3.63) is 63.9 Å². The third-order valence-corrected chi connectivity index (χ3v) is 4.18. The smallest absolute Gasteiger partial charge is 0.264 e. The van der Waals surface area contributed by atoms with Crippen molar-refractivity contribution in [3.8, 4) is 0 Å². The second kappa shape index (κ2) is 4.87. The average molecular weight is 329 g/mol. The van der Waals surface area contributed by atoms with Crippen molar-refractivity contribution in [1.29, 1.82) is 0 Å². The number of carbonyl (C=O) groups excluding carboxylic acids is 1. The Kier molecular flexibility index (Phi) is 3.18. The number of carbonyl (C=O) groups is 1. The lowest BCUT2D eigenvalue weighted by molar-refractivity contribution is 0.0963. The monoisotopic (exact) mass is 328 g/mol. The molecule has 3 rings (SSSR count). The molecule has 1 aromatic heterocycles. The van der Waals surface area contributed by atoms with Crippen LogP contribution < -0.4 is 0 Å². The van der Waals surface area contributed by atoms with Crippen molar-refractivity contribution in [2.75, 3.05) is 0 Å². The van der Waals surface area contributed by atoms with Gasteiger partial charge in [0, 0.05) is 4.47 Å². The summed E-state index contributed by atoms with van der Waals surface area (Å²) in [7, 11) is 0. The van der Waals surface area contributed by atoms with Gasteiger partial charge in [0.2, 0.25) is 0 Å². The Balaban J connectivity index is 2.18. The van der Waals surface area contributed by atoms with Gasteiger partial charge in [0.15, 0.2) is 0 Å². The first-order valence-corrected chi connectivity index (χ1v) is 7.11. The van der Waals surface area contributed by atoms with E-state index in [2.05, 4.69) is 20.9 Å². The molecule has 0 aliphatic rings. The van der Waals surface area contributed by atoms with Crippen LogP contribution in [0, 0.1) is 13.8 Å². The molecule has 0 amide bonds. The highest BCUT2D eigenvalue weighted by Crippen LogP contribution is 2.22. The van der Waals surface area contributed by atoms with Gasteiger partial charge in [0.25, 0.3) is 5.91 Å². The zero-order valence-electron chi connectivity index (χ0n) is 11.2. The summed E-state index contributed by atoms with van der Waals surface area (Å²) in [6.45, 7) is 4.08. The van der Waals surface area contributed by atoms with Crippen LogP contribution in [0.25, 0.3) is 11.0 Å². The van der Waals surface area contributed by atoms with Crippen LogP contribution >= 0.6 is 15.9 Å². The van der Waals surface area contributed by atoms with Crippen molar-refractivity contribution in [2.24, 2.45) is 0 Å². The Bertz CT molecular complexity index is 820. The Labute approximate surface area is 125 Å². The third-order valence-electron chi connectivity index (χ3n) is 3.49. The van der Waals surface area contributed by atoms with E-state index in [9.17, 15) is 4.79 Å². The average Bonchev–Trinajstić information content (AvgIpc) is 2.82. The van der Waals surface area contributed by atoms with Gasteiger partial charge in [-0.05, 0) is 65.2 Å². The summed E-state index contributed by atoms with van der Waals surface area (Å²) in [5.41, 5.74) is 4.64. The number of rotatable bonds is 1. The van der Waals surface area contributed by atoms with E-state index in [1.165, 1.54) is 5.56 Å². The number of nitrogens with zero attached hydrogens (tertiary/aromatic N) is 2. The van der Waals surface area contributed by atoms with Crippen LogP contribution in [0.1, 0.15) is 21.5 Å². The molecule has 0 spiro atoms. The van der Waals surface area contributed by atoms with Crippen LogP contribution in [0.2, 0.25) is 0 Å². The molecule has 0 N–H and O–H groups in total. The van der Waals surface area contributed by atoms with E-state index in [-0.39, 0.29) is 5.91 Å². The minimum absolute atomic E-state index is 0.0803. The maximum Gasteiger partial charge on any atom is 0.264 e. The summed E-state index contributed by atoms with van der Waals surface area (Å²) in [6.07, 6.45) is 1.59. The van der Waals surface area contributed by atoms with Gasteiger partial charge in [0.1, 0.15) is 6.33 Å². The number of aryl methyl sites for hydroxylation is 2. The van der Waals surface area contributed by atoms with E-state index < -0.39 is 0 Å². The van der Waals surface area contributed by atoms with Crippen molar-refractivity contribution in [1.82, 2.24) is 9.55 Å². The summed E-state index contributed by atoms with van der Waals surface area (Å²) in [4.78, 5) is 17.0. The van der Waals surface area contributed by atoms with Gasteiger partial charge in [-0.25, -0.2) is 4.98 Å². The largest absolute Gasteiger partial charge is 0.268 e. The maximum atomic E-state index is 12.6. The lowest BCUT2D eigenvalue weighted by atomic mass is 10.1. The Morgan fingerprint density at radius 3 is 2.60 bits per heavy atom. The van der Waals surface area contributed by atoms with Crippen LogP contribution in [0.4, 0.5) is 0 Å². The molecule has 0 saturated carbocycles. The van der Waals surface area contributed by atoms with E-state index >= 15 is 0 Å². The fraction of sp³-hybridized carbons (Fsp3) is 0.125. The first kappa shape index (κ1) is 13.1. The molecule has 3 aromatic rings. The molecule has 100 valence electrons. The minimum Gasteiger partial charge on any atom is -0.268 e. The zero-order chi connectivity index (χ0) is 14.3. The highest BCUT2D eigenvalue weighted by molar-refractivity contribution is 9.10. The van der Waals surface area contributed by atoms with Gasteiger partial charge in [-0.3, -0.25) is 9.36 Å². The van der Waals surface area contributed by atoms with Crippen LogP contribution in [0.15, 0.2) is 47.2 Å². The number of benzene rings is 2. The van der Waals surface area contributed by atoms with Gasteiger partial charge in [0.05, 0.1) is 16.6 Å². The molecule has 3 nitrogen and oxygen atoms in total. The van der Waals surface area contributed by atoms with Crippen LogP contribution in [-0.4, -0.2) is 15.5 Å². The minimum atomic E-state index is -0.0803. The summed E-state index contributed by atoms with van der Waals surface area (Å²) in [5.74, 6) is -0.0803. The number of hydrogen-bond acceptors (Lipinski definition) is 2. The molecule has 0 fully saturated rings. The predicted octanol–water partition coefficient (Wildman–Crippen LogP) is 4.10. The SMILES string of the molecule is Cc1cc2ncn(C(=O)c3ccccc3Br)c2cc1C. The molecule has 0 bridgehead atoms. The van der Waals surface area contributed by atoms with Crippen molar-refractivity contribution in [3.63, 3.8) is 0 Å². The van der Waals surface area contributed by atoms with Crippen LogP contribution in [-0.2, 0) is 0 Å². The summed E-state index contributed by atoms with van der Waals surface area (Å²) >= 11 is 3.42. The van der Waals surface area contributed by atoms with Crippen molar-refractivity contribution >= 4 is 32.9 Å². The quantitative estimate of drug-likeness (QED) is 0.674. The molecule has 0 aliphatic heterocycles. The number of halogens is 1.